The molecule has 2 fully saturated rings. The predicted molar refractivity (Wildman–Crippen MR) is 133 cm³/mol. The highest BCUT2D eigenvalue weighted by molar-refractivity contribution is 7.17. The van der Waals surface area contributed by atoms with Gasteiger partial charge in [0.2, 0.25) is 0 Å². The number of nitrogens with zero attached hydrogens (tertiary/aromatic N) is 2. The molecule has 0 bridgehead atoms. The predicted octanol–water partition coefficient (Wildman–Crippen LogP) is 5.31. The van der Waals surface area contributed by atoms with Gasteiger partial charge in [-0.25, -0.2) is 9.78 Å². The van der Waals surface area contributed by atoms with Crippen molar-refractivity contribution in [1.82, 2.24) is 20.5 Å². The van der Waals surface area contributed by atoms with E-state index in [0.29, 0.717) is 40.5 Å². The van der Waals surface area contributed by atoms with Crippen LogP contribution < -0.4 is 10.6 Å². The van der Waals surface area contributed by atoms with E-state index in [1.807, 2.05) is 47.4 Å². The van der Waals surface area contributed by atoms with Gasteiger partial charge >= 0.3 is 6.03 Å². The van der Waals surface area contributed by atoms with Gasteiger partial charge < -0.3 is 20.0 Å². The Labute approximate surface area is 203 Å². The molecule has 7 nitrogen and oxygen atoms in total. The number of likely N-dealkylation sites (tertiary alicyclic amines) is 1. The van der Waals surface area contributed by atoms with Crippen molar-refractivity contribution < 1.29 is 14.0 Å². The molecule has 178 valence electrons. The Hall–Kier alpha value is -3.13. The monoisotopic (exact) mass is 478 g/mol. The number of rotatable bonds is 5. The molecule has 1 aliphatic carbocycles. The minimum atomic E-state index is -0.0754. The van der Waals surface area contributed by atoms with Crippen LogP contribution in [0.4, 0.5) is 4.79 Å². The second-order valence-corrected chi connectivity index (χ2v) is 10.1. The molecule has 1 saturated heterocycles. The van der Waals surface area contributed by atoms with E-state index in [4.69, 9.17) is 9.40 Å². The molecular formula is C26H30N4O3S. The minimum absolute atomic E-state index is 0.0146. The molecule has 3 heterocycles. The Morgan fingerprint density at radius 1 is 0.912 bits per heavy atom. The Balaban J connectivity index is 1.24. The van der Waals surface area contributed by atoms with Gasteiger partial charge in [-0.2, -0.15) is 0 Å². The van der Waals surface area contributed by atoms with Crippen molar-refractivity contribution in [2.75, 3.05) is 13.1 Å². The maximum Gasteiger partial charge on any atom is 0.315 e. The second-order valence-electron chi connectivity index (χ2n) is 9.06. The van der Waals surface area contributed by atoms with Crippen LogP contribution in [0, 0.1) is 0 Å². The van der Waals surface area contributed by atoms with Gasteiger partial charge in [0.05, 0.1) is 12.0 Å². The molecule has 2 N–H and O–H groups in total. The fraction of sp³-hybridized carbons (Fsp3) is 0.423. The number of carbonyl (C=O) groups excluding carboxylic acids is 2. The van der Waals surface area contributed by atoms with Crippen LogP contribution in [-0.2, 0) is 0 Å². The molecule has 2 aliphatic rings. The number of furan rings is 1. The first-order chi connectivity index (χ1) is 16.7. The zero-order valence-corrected chi connectivity index (χ0v) is 20.0. The molecule has 1 aromatic carbocycles. The lowest BCUT2D eigenvalue weighted by molar-refractivity contribution is 0.0713. The standard InChI is InChI=1S/C26H30N4O3S/c31-25(30-15-13-20(14-16-30)28-26(32)27-19-10-5-2-6-11-19)23-22(18-8-3-1-4-9-18)29-24(34-23)21-12-7-17-33-21/h1,3-4,7-9,12,17,19-20H,2,5-6,10-11,13-16H2,(H2,27,28,32). The maximum absolute atomic E-state index is 13.5. The summed E-state index contributed by atoms with van der Waals surface area (Å²) in [5, 5.41) is 6.93. The van der Waals surface area contributed by atoms with Crippen molar-refractivity contribution in [1.29, 1.82) is 0 Å². The largest absolute Gasteiger partial charge is 0.462 e. The summed E-state index contributed by atoms with van der Waals surface area (Å²) in [6.07, 6.45) is 8.88. The average molecular weight is 479 g/mol. The van der Waals surface area contributed by atoms with Crippen molar-refractivity contribution in [3.63, 3.8) is 0 Å². The highest BCUT2D eigenvalue weighted by atomic mass is 32.1. The van der Waals surface area contributed by atoms with E-state index in [0.717, 1.165) is 31.2 Å². The number of amides is 3. The van der Waals surface area contributed by atoms with Crippen LogP contribution in [0.15, 0.2) is 53.1 Å². The van der Waals surface area contributed by atoms with Crippen LogP contribution in [0.3, 0.4) is 0 Å². The lowest BCUT2D eigenvalue weighted by Crippen LogP contribution is -2.51. The third-order valence-corrected chi connectivity index (χ3v) is 7.72. The molecule has 3 aromatic rings. The van der Waals surface area contributed by atoms with Crippen LogP contribution in [0.5, 0.6) is 0 Å². The van der Waals surface area contributed by atoms with E-state index in [1.54, 1.807) is 6.26 Å². The number of hydrogen-bond donors (Lipinski definition) is 2. The minimum Gasteiger partial charge on any atom is -0.462 e. The molecule has 3 amide bonds. The van der Waals surface area contributed by atoms with Gasteiger partial charge in [0, 0.05) is 30.7 Å². The zero-order valence-electron chi connectivity index (χ0n) is 19.2. The first-order valence-electron chi connectivity index (χ1n) is 12.1. The number of nitrogens with one attached hydrogen (secondary N) is 2. The van der Waals surface area contributed by atoms with Crippen LogP contribution >= 0.6 is 11.3 Å². The Bertz CT molecular complexity index is 1100. The number of thiazole rings is 1. The third kappa shape index (κ3) is 5.17. The normalized spacial score (nSPS) is 17.5. The lowest BCUT2D eigenvalue weighted by Gasteiger charge is -2.33. The van der Waals surface area contributed by atoms with E-state index in [9.17, 15) is 9.59 Å². The molecule has 1 saturated carbocycles. The Morgan fingerprint density at radius 2 is 1.62 bits per heavy atom. The highest BCUT2D eigenvalue weighted by Crippen LogP contribution is 2.35. The summed E-state index contributed by atoms with van der Waals surface area (Å²) in [4.78, 5) is 33.2. The Kier molecular flexibility index (Phi) is 6.94. The van der Waals surface area contributed by atoms with Crippen molar-refractivity contribution in [2.24, 2.45) is 0 Å². The average Bonchev–Trinajstić information content (AvgIpc) is 3.56. The third-order valence-electron chi connectivity index (χ3n) is 6.66. The first-order valence-corrected chi connectivity index (χ1v) is 13.0. The molecule has 8 heteroatoms. The fourth-order valence-electron chi connectivity index (χ4n) is 4.79. The molecular weight excluding hydrogens is 448 g/mol. The molecule has 2 aromatic heterocycles. The molecule has 0 atom stereocenters. The number of urea groups is 1. The lowest BCUT2D eigenvalue weighted by atomic mass is 9.96. The molecule has 0 radical (unpaired) electrons. The molecule has 1 aliphatic heterocycles. The quantitative estimate of drug-likeness (QED) is 0.520. The maximum atomic E-state index is 13.5. The van der Waals surface area contributed by atoms with Gasteiger partial charge in [-0.05, 0) is 37.8 Å². The van der Waals surface area contributed by atoms with Crippen LogP contribution in [0.25, 0.3) is 22.0 Å². The topological polar surface area (TPSA) is 87.5 Å². The van der Waals surface area contributed by atoms with Gasteiger partial charge in [-0.15, -0.1) is 11.3 Å². The van der Waals surface area contributed by atoms with E-state index in [2.05, 4.69) is 10.6 Å². The molecule has 34 heavy (non-hydrogen) atoms. The van der Waals surface area contributed by atoms with E-state index >= 15 is 0 Å². The van der Waals surface area contributed by atoms with Crippen LogP contribution in [0.1, 0.15) is 54.6 Å². The SMILES string of the molecule is O=C(NC1CCCCC1)NC1CCN(C(=O)c2sc(-c3ccco3)nc2-c2ccccc2)CC1. The summed E-state index contributed by atoms with van der Waals surface area (Å²) in [5.74, 6) is 0.646. The Morgan fingerprint density at radius 3 is 2.29 bits per heavy atom. The van der Waals surface area contributed by atoms with Gasteiger partial charge in [0.1, 0.15) is 4.88 Å². The van der Waals surface area contributed by atoms with Crippen molar-refractivity contribution in [2.45, 2.75) is 57.0 Å². The van der Waals surface area contributed by atoms with Crippen LogP contribution in [-0.4, -0.2) is 47.0 Å². The smallest absolute Gasteiger partial charge is 0.315 e. The summed E-state index contributed by atoms with van der Waals surface area (Å²) in [6, 6.07) is 13.8. The van der Waals surface area contributed by atoms with Crippen molar-refractivity contribution in [3.05, 3.63) is 53.6 Å². The first kappa shape index (κ1) is 22.7. The molecule has 0 spiro atoms. The number of hydrogen-bond acceptors (Lipinski definition) is 5. The van der Waals surface area contributed by atoms with Crippen LogP contribution in [0.2, 0.25) is 0 Å². The summed E-state index contributed by atoms with van der Waals surface area (Å²) < 4.78 is 5.53. The van der Waals surface area contributed by atoms with Gasteiger partial charge in [0.25, 0.3) is 5.91 Å². The second kappa shape index (κ2) is 10.4. The molecule has 0 unspecified atom stereocenters. The summed E-state index contributed by atoms with van der Waals surface area (Å²) in [6.45, 7) is 1.21. The summed E-state index contributed by atoms with van der Waals surface area (Å²) >= 11 is 1.37. The van der Waals surface area contributed by atoms with Gasteiger partial charge in [-0.3, -0.25) is 4.79 Å². The molecule has 5 rings (SSSR count). The number of benzene rings is 1. The van der Waals surface area contributed by atoms with E-state index in [1.165, 1.54) is 30.6 Å². The fourth-order valence-corrected chi connectivity index (χ4v) is 5.82. The highest BCUT2D eigenvalue weighted by Gasteiger charge is 2.29. The van der Waals surface area contributed by atoms with Crippen molar-refractivity contribution >= 4 is 23.3 Å². The zero-order chi connectivity index (χ0) is 23.3. The summed E-state index contributed by atoms with van der Waals surface area (Å²) in [7, 11) is 0. The van der Waals surface area contributed by atoms with Gasteiger partial charge in [0.15, 0.2) is 10.8 Å². The summed E-state index contributed by atoms with van der Waals surface area (Å²) in [5.41, 5.74) is 1.60. The van der Waals surface area contributed by atoms with E-state index in [-0.39, 0.29) is 18.0 Å². The van der Waals surface area contributed by atoms with Crippen molar-refractivity contribution in [3.8, 4) is 22.0 Å². The van der Waals surface area contributed by atoms with Gasteiger partial charge in [-0.1, -0.05) is 49.6 Å². The number of carbonyl (C=O) groups is 2. The number of aromatic nitrogens is 1. The van der Waals surface area contributed by atoms with E-state index < -0.39 is 0 Å². The number of piperidine rings is 1.